The predicted molar refractivity (Wildman–Crippen MR) is 122 cm³/mol. The van der Waals surface area contributed by atoms with Gasteiger partial charge in [0.15, 0.2) is 4.96 Å². The van der Waals surface area contributed by atoms with Crippen molar-refractivity contribution in [3.63, 3.8) is 0 Å². The second-order valence-corrected chi connectivity index (χ2v) is 10.0. The number of hydrogen-bond acceptors (Lipinski definition) is 7. The Labute approximate surface area is 183 Å². The monoisotopic (exact) mass is 456 g/mol. The molecule has 0 amide bonds. The number of para-hydroxylation sites is 1. The molecule has 0 aliphatic carbocycles. The molecule has 160 valence electrons. The highest BCUT2D eigenvalue weighted by molar-refractivity contribution is 7.93. The molecule has 4 aromatic rings. The van der Waals surface area contributed by atoms with Gasteiger partial charge in [-0.15, -0.1) is 11.3 Å². The van der Waals surface area contributed by atoms with Gasteiger partial charge in [0.2, 0.25) is 0 Å². The summed E-state index contributed by atoms with van der Waals surface area (Å²) in [7, 11) is -2.42. The van der Waals surface area contributed by atoms with Crippen molar-refractivity contribution in [2.24, 2.45) is 0 Å². The van der Waals surface area contributed by atoms with Crippen LogP contribution in [0.15, 0.2) is 63.7 Å². The maximum absolute atomic E-state index is 13.7. The molecule has 0 unspecified atom stereocenters. The Kier molecular flexibility index (Phi) is 4.92. The van der Waals surface area contributed by atoms with Crippen molar-refractivity contribution in [1.82, 2.24) is 9.38 Å². The molecular formula is C21H20N4O4S2. The van der Waals surface area contributed by atoms with Gasteiger partial charge in [0.25, 0.3) is 15.6 Å². The molecule has 10 heteroatoms. The number of fused-ring (bicyclic) bond motifs is 3. The molecule has 3 heterocycles. The Balaban J connectivity index is 1.78. The Hall–Kier alpha value is -2.95. The molecule has 1 saturated heterocycles. The molecule has 2 aromatic heterocycles. The number of anilines is 2. The summed E-state index contributed by atoms with van der Waals surface area (Å²) in [4.78, 5) is 19.5. The van der Waals surface area contributed by atoms with Crippen LogP contribution in [0, 0.1) is 0 Å². The van der Waals surface area contributed by atoms with Crippen LogP contribution in [0.1, 0.15) is 0 Å². The van der Waals surface area contributed by atoms with Crippen molar-refractivity contribution in [2.45, 2.75) is 4.90 Å². The first-order chi connectivity index (χ1) is 15.0. The van der Waals surface area contributed by atoms with Gasteiger partial charge in [-0.05, 0) is 24.3 Å². The lowest BCUT2D eigenvalue weighted by Gasteiger charge is -2.31. The number of thiazole rings is 1. The second-order valence-electron chi connectivity index (χ2n) is 7.22. The van der Waals surface area contributed by atoms with Crippen LogP contribution in [-0.2, 0) is 14.8 Å². The predicted octanol–water partition coefficient (Wildman–Crippen LogP) is 2.57. The van der Waals surface area contributed by atoms with Crippen molar-refractivity contribution in [3.05, 3.63) is 64.4 Å². The average molecular weight is 457 g/mol. The fourth-order valence-electron chi connectivity index (χ4n) is 3.79. The van der Waals surface area contributed by atoms with Crippen LogP contribution in [0.25, 0.3) is 15.9 Å². The van der Waals surface area contributed by atoms with E-state index in [1.54, 1.807) is 30.3 Å². The van der Waals surface area contributed by atoms with E-state index in [4.69, 9.17) is 4.74 Å². The Morgan fingerprint density at radius 3 is 2.61 bits per heavy atom. The lowest BCUT2D eigenvalue weighted by Crippen LogP contribution is -2.38. The molecule has 8 nitrogen and oxygen atoms in total. The average Bonchev–Trinajstić information content (AvgIpc) is 3.27. The van der Waals surface area contributed by atoms with Gasteiger partial charge in [-0.2, -0.15) is 4.98 Å². The summed E-state index contributed by atoms with van der Waals surface area (Å²) in [5.41, 5.74) is 1.30. The number of sulfonamides is 1. The fourth-order valence-corrected chi connectivity index (χ4v) is 5.92. The van der Waals surface area contributed by atoms with E-state index in [0.717, 1.165) is 0 Å². The molecule has 0 bridgehead atoms. The quantitative estimate of drug-likeness (QED) is 0.469. The van der Waals surface area contributed by atoms with Crippen molar-refractivity contribution in [2.75, 3.05) is 42.6 Å². The summed E-state index contributed by atoms with van der Waals surface area (Å²) in [5.74, 6) is 0. The number of nitrogens with zero attached hydrogens (tertiary/aromatic N) is 4. The Bertz CT molecular complexity index is 1420. The third kappa shape index (κ3) is 3.36. The van der Waals surface area contributed by atoms with Crippen molar-refractivity contribution in [1.29, 1.82) is 0 Å². The number of ether oxygens (including phenoxy) is 1. The highest BCUT2D eigenvalue weighted by Crippen LogP contribution is 2.34. The summed E-state index contributed by atoms with van der Waals surface area (Å²) < 4.78 is 35.9. The first-order valence-electron chi connectivity index (χ1n) is 9.77. The van der Waals surface area contributed by atoms with E-state index in [2.05, 4.69) is 4.98 Å². The maximum Gasteiger partial charge on any atom is 0.281 e. The molecule has 0 saturated carbocycles. The van der Waals surface area contributed by atoms with Crippen molar-refractivity contribution < 1.29 is 13.2 Å². The summed E-state index contributed by atoms with van der Waals surface area (Å²) >= 11 is 1.36. The van der Waals surface area contributed by atoms with Crippen LogP contribution in [0.5, 0.6) is 0 Å². The number of morpholine rings is 1. The molecule has 0 radical (unpaired) electrons. The van der Waals surface area contributed by atoms with Gasteiger partial charge in [0, 0.05) is 31.7 Å². The number of aromatic nitrogens is 2. The van der Waals surface area contributed by atoms with Gasteiger partial charge < -0.3 is 9.64 Å². The zero-order valence-corrected chi connectivity index (χ0v) is 18.4. The van der Waals surface area contributed by atoms with E-state index in [9.17, 15) is 13.2 Å². The SMILES string of the molecule is CN(c1ccccc1)S(=O)(=O)c1cc2c(=O)nc3sccn3c2cc1N1CCOCC1. The highest BCUT2D eigenvalue weighted by Gasteiger charge is 2.29. The topological polar surface area (TPSA) is 84.2 Å². The minimum Gasteiger partial charge on any atom is -0.378 e. The Morgan fingerprint density at radius 2 is 1.87 bits per heavy atom. The zero-order chi connectivity index (χ0) is 21.6. The maximum atomic E-state index is 13.7. The van der Waals surface area contributed by atoms with E-state index in [0.29, 0.717) is 48.2 Å². The molecule has 1 aliphatic heterocycles. The minimum atomic E-state index is -3.94. The van der Waals surface area contributed by atoms with Crippen LogP contribution in [-0.4, -0.2) is 51.2 Å². The van der Waals surface area contributed by atoms with Crippen LogP contribution >= 0.6 is 11.3 Å². The first kappa shape index (κ1) is 20.0. The van der Waals surface area contributed by atoms with E-state index in [-0.39, 0.29) is 10.3 Å². The molecular weight excluding hydrogens is 436 g/mol. The summed E-state index contributed by atoms with van der Waals surface area (Å²) in [5, 5.41) is 2.12. The van der Waals surface area contributed by atoms with Gasteiger partial charge >= 0.3 is 0 Å². The lowest BCUT2D eigenvalue weighted by molar-refractivity contribution is 0.122. The third-order valence-electron chi connectivity index (χ3n) is 5.46. The van der Waals surface area contributed by atoms with Gasteiger partial charge in [0.05, 0.1) is 35.5 Å². The van der Waals surface area contributed by atoms with E-state index >= 15 is 0 Å². The van der Waals surface area contributed by atoms with Crippen molar-refractivity contribution in [3.8, 4) is 0 Å². The van der Waals surface area contributed by atoms with Gasteiger partial charge in [-0.1, -0.05) is 18.2 Å². The van der Waals surface area contributed by atoms with Gasteiger partial charge in [-0.3, -0.25) is 13.5 Å². The molecule has 0 N–H and O–H groups in total. The second kappa shape index (κ2) is 7.63. The van der Waals surface area contributed by atoms with Crippen LogP contribution < -0.4 is 14.8 Å². The first-order valence-corrected chi connectivity index (χ1v) is 12.1. The normalized spacial score (nSPS) is 14.9. The zero-order valence-electron chi connectivity index (χ0n) is 16.8. The summed E-state index contributed by atoms with van der Waals surface area (Å²) in [6.07, 6.45) is 1.84. The summed E-state index contributed by atoms with van der Waals surface area (Å²) in [6, 6.07) is 12.1. The minimum absolute atomic E-state index is 0.0855. The lowest BCUT2D eigenvalue weighted by atomic mass is 10.2. The van der Waals surface area contributed by atoms with Gasteiger partial charge in [0.1, 0.15) is 4.90 Å². The molecule has 0 atom stereocenters. The van der Waals surface area contributed by atoms with E-state index in [1.807, 2.05) is 26.9 Å². The smallest absolute Gasteiger partial charge is 0.281 e. The molecule has 5 rings (SSSR count). The largest absolute Gasteiger partial charge is 0.378 e. The van der Waals surface area contributed by atoms with Crippen LogP contribution in [0.2, 0.25) is 0 Å². The van der Waals surface area contributed by atoms with E-state index in [1.165, 1.54) is 28.8 Å². The number of hydrogen-bond donors (Lipinski definition) is 0. The highest BCUT2D eigenvalue weighted by atomic mass is 32.2. The molecule has 2 aromatic carbocycles. The van der Waals surface area contributed by atoms with Crippen LogP contribution in [0.3, 0.4) is 0 Å². The number of benzene rings is 2. The standard InChI is InChI=1S/C21H20N4O4S2/c1-23(15-5-3-2-4-6-15)31(27,28)19-13-16-17(14-18(19)24-7-10-29-11-8-24)25-9-12-30-21(25)22-20(16)26/h2-6,9,12-14H,7-8,10-11H2,1H3. The van der Waals surface area contributed by atoms with Gasteiger partial charge in [-0.25, -0.2) is 8.42 Å². The molecule has 1 fully saturated rings. The Morgan fingerprint density at radius 1 is 1.13 bits per heavy atom. The number of rotatable bonds is 4. The molecule has 0 spiro atoms. The van der Waals surface area contributed by atoms with Crippen molar-refractivity contribution >= 4 is 48.6 Å². The van der Waals surface area contributed by atoms with E-state index < -0.39 is 15.6 Å². The molecule has 1 aliphatic rings. The van der Waals surface area contributed by atoms with Crippen LogP contribution in [0.4, 0.5) is 11.4 Å². The fraction of sp³-hybridized carbons (Fsp3) is 0.238. The molecule has 31 heavy (non-hydrogen) atoms. The third-order valence-corrected chi connectivity index (χ3v) is 8.04. The summed E-state index contributed by atoms with van der Waals surface area (Å²) in [6.45, 7) is 2.15.